The molecule has 2 heterocycles. The number of hydrogen-bond donors (Lipinski definition) is 3. The molecule has 2 aliphatic rings. The minimum absolute atomic E-state index is 0.128. The number of amides is 1. The van der Waals surface area contributed by atoms with E-state index in [-0.39, 0.29) is 5.91 Å². The van der Waals surface area contributed by atoms with Crippen molar-refractivity contribution in [2.45, 2.75) is 12.8 Å². The Hall–Kier alpha value is -1.81. The van der Waals surface area contributed by atoms with Crippen molar-refractivity contribution in [3.63, 3.8) is 0 Å². The fourth-order valence-corrected chi connectivity index (χ4v) is 1.62. The fourth-order valence-electron chi connectivity index (χ4n) is 1.62. The summed E-state index contributed by atoms with van der Waals surface area (Å²) in [6, 6.07) is 7.92. The molecule has 0 bridgehead atoms. The van der Waals surface area contributed by atoms with Gasteiger partial charge >= 0.3 is 0 Å². The molecule has 16 heavy (non-hydrogen) atoms. The summed E-state index contributed by atoms with van der Waals surface area (Å²) in [5, 5.41) is 2.82. The van der Waals surface area contributed by atoms with Crippen molar-refractivity contribution in [2.75, 3.05) is 11.9 Å². The highest BCUT2D eigenvalue weighted by Crippen LogP contribution is 2.20. The van der Waals surface area contributed by atoms with Gasteiger partial charge in [0, 0.05) is 24.9 Å². The monoisotopic (exact) mass is 217 g/mol. The second-order valence-electron chi connectivity index (χ2n) is 3.63. The zero-order chi connectivity index (χ0) is 11.2. The van der Waals surface area contributed by atoms with Crippen LogP contribution in [0.25, 0.3) is 0 Å². The molecule has 0 aliphatic carbocycles. The lowest BCUT2D eigenvalue weighted by molar-refractivity contribution is -0.116. The topological polar surface area (TPSA) is 53.2 Å². The quantitative estimate of drug-likeness (QED) is 0.611. The molecule has 4 heteroatoms. The van der Waals surface area contributed by atoms with Crippen molar-refractivity contribution in [1.82, 2.24) is 10.9 Å². The summed E-state index contributed by atoms with van der Waals surface area (Å²) < 4.78 is 0. The van der Waals surface area contributed by atoms with Crippen molar-refractivity contribution in [3.8, 4) is 0 Å². The first-order valence-corrected chi connectivity index (χ1v) is 5.37. The van der Waals surface area contributed by atoms with Crippen LogP contribution in [0.15, 0.2) is 36.5 Å². The normalized spacial score (nSPS) is 16.6. The maximum absolute atomic E-state index is 10.9. The third-order valence-corrected chi connectivity index (χ3v) is 2.44. The predicted molar refractivity (Wildman–Crippen MR) is 63.7 cm³/mol. The lowest BCUT2D eigenvalue weighted by Gasteiger charge is -2.15. The Kier molecular flexibility index (Phi) is 3.56. The van der Waals surface area contributed by atoms with E-state index in [0.29, 0.717) is 6.42 Å². The Morgan fingerprint density at radius 1 is 1.12 bits per heavy atom. The zero-order valence-corrected chi connectivity index (χ0v) is 8.99. The van der Waals surface area contributed by atoms with Crippen LogP contribution < -0.4 is 16.2 Å². The average Bonchev–Trinajstić information content (AvgIpc) is 2.87. The van der Waals surface area contributed by atoms with Crippen molar-refractivity contribution >= 4 is 11.6 Å². The summed E-state index contributed by atoms with van der Waals surface area (Å²) in [4.78, 5) is 10.9. The number of hydrazine groups is 1. The first-order valence-electron chi connectivity index (χ1n) is 5.37. The molecule has 84 valence electrons. The van der Waals surface area contributed by atoms with Gasteiger partial charge in [-0.05, 0) is 18.1 Å². The molecule has 2 aliphatic heterocycles. The zero-order valence-electron chi connectivity index (χ0n) is 8.99. The molecule has 0 atom stereocenters. The Balaban J connectivity index is 0.000000162. The van der Waals surface area contributed by atoms with Gasteiger partial charge in [0.05, 0.1) is 0 Å². The van der Waals surface area contributed by atoms with Gasteiger partial charge in [-0.3, -0.25) is 4.79 Å². The van der Waals surface area contributed by atoms with E-state index in [0.717, 1.165) is 18.7 Å². The molecule has 0 saturated carbocycles. The third-order valence-electron chi connectivity index (χ3n) is 2.44. The van der Waals surface area contributed by atoms with Crippen molar-refractivity contribution < 1.29 is 4.79 Å². The Bertz CT molecular complexity index is 395. The molecule has 1 aromatic carbocycles. The standard InChI is InChI=1S/C9H9NO.C3H6N2/c11-9-6-5-7-3-1-2-4-8(7)10-9;1-2-4-5-3-1/h1-4H,5-6H2,(H,10,11);1-2,4-5H,3H2. The van der Waals surface area contributed by atoms with Crippen LogP contribution in [0, 0.1) is 0 Å². The molecule has 3 rings (SSSR count). The van der Waals surface area contributed by atoms with Gasteiger partial charge in [0.15, 0.2) is 0 Å². The molecule has 4 nitrogen and oxygen atoms in total. The number of benzene rings is 1. The minimum atomic E-state index is 0.128. The summed E-state index contributed by atoms with van der Waals surface area (Å²) in [6.07, 6.45) is 5.39. The van der Waals surface area contributed by atoms with Gasteiger partial charge < -0.3 is 10.7 Å². The largest absolute Gasteiger partial charge is 0.329 e. The number of rotatable bonds is 0. The molecule has 0 fully saturated rings. The van der Waals surface area contributed by atoms with Crippen LogP contribution >= 0.6 is 0 Å². The van der Waals surface area contributed by atoms with Gasteiger partial charge in [0.2, 0.25) is 5.91 Å². The molecule has 1 aromatic rings. The summed E-state index contributed by atoms with van der Waals surface area (Å²) >= 11 is 0. The molecule has 0 saturated heterocycles. The number of anilines is 1. The maximum Gasteiger partial charge on any atom is 0.224 e. The molecule has 0 unspecified atom stereocenters. The van der Waals surface area contributed by atoms with Gasteiger partial charge in [-0.15, -0.1) is 0 Å². The predicted octanol–water partition coefficient (Wildman–Crippen LogP) is 1.18. The highest BCUT2D eigenvalue weighted by molar-refractivity contribution is 5.93. The smallest absolute Gasteiger partial charge is 0.224 e. The number of aryl methyl sites for hydroxylation is 1. The fraction of sp³-hybridized carbons (Fsp3) is 0.250. The summed E-state index contributed by atoms with van der Waals surface area (Å²) in [5.41, 5.74) is 7.87. The summed E-state index contributed by atoms with van der Waals surface area (Å²) in [7, 11) is 0. The van der Waals surface area contributed by atoms with E-state index in [1.165, 1.54) is 5.56 Å². The molecule has 0 radical (unpaired) electrons. The van der Waals surface area contributed by atoms with Crippen LogP contribution in [-0.4, -0.2) is 12.5 Å². The first kappa shape index (κ1) is 10.7. The second kappa shape index (κ2) is 5.32. The lowest BCUT2D eigenvalue weighted by atomic mass is 10.0. The number of carbonyl (C=O) groups is 1. The highest BCUT2D eigenvalue weighted by atomic mass is 16.1. The average molecular weight is 217 g/mol. The van der Waals surface area contributed by atoms with Crippen LogP contribution in [-0.2, 0) is 11.2 Å². The van der Waals surface area contributed by atoms with Crippen LogP contribution in [0.4, 0.5) is 5.69 Å². The number of para-hydroxylation sites is 1. The van der Waals surface area contributed by atoms with E-state index in [9.17, 15) is 4.79 Å². The van der Waals surface area contributed by atoms with Gasteiger partial charge in [-0.2, -0.15) is 0 Å². The number of carbonyl (C=O) groups excluding carboxylic acids is 1. The number of nitrogens with one attached hydrogen (secondary N) is 3. The number of hydrogen-bond acceptors (Lipinski definition) is 3. The highest BCUT2D eigenvalue weighted by Gasteiger charge is 2.12. The van der Waals surface area contributed by atoms with E-state index in [4.69, 9.17) is 0 Å². The second-order valence-corrected chi connectivity index (χ2v) is 3.63. The van der Waals surface area contributed by atoms with Crippen LogP contribution in [0.1, 0.15) is 12.0 Å². The lowest BCUT2D eigenvalue weighted by Crippen LogP contribution is -2.19. The van der Waals surface area contributed by atoms with Crippen molar-refractivity contribution in [1.29, 1.82) is 0 Å². The van der Waals surface area contributed by atoms with E-state index >= 15 is 0 Å². The van der Waals surface area contributed by atoms with E-state index in [1.54, 1.807) is 0 Å². The third kappa shape index (κ3) is 2.84. The Morgan fingerprint density at radius 3 is 2.69 bits per heavy atom. The SMILES string of the molecule is C1=CNNC1.O=C1CCc2ccccc2N1. The van der Waals surface area contributed by atoms with Gasteiger partial charge in [-0.25, -0.2) is 5.43 Å². The molecular weight excluding hydrogens is 202 g/mol. The molecule has 3 N–H and O–H groups in total. The van der Waals surface area contributed by atoms with Crippen LogP contribution in [0.2, 0.25) is 0 Å². The molecular formula is C12H15N3O. The van der Waals surface area contributed by atoms with Crippen molar-refractivity contribution in [3.05, 3.63) is 42.1 Å². The Morgan fingerprint density at radius 2 is 2.00 bits per heavy atom. The van der Waals surface area contributed by atoms with Crippen molar-refractivity contribution in [2.24, 2.45) is 0 Å². The van der Waals surface area contributed by atoms with E-state index < -0.39 is 0 Å². The number of fused-ring (bicyclic) bond motifs is 1. The molecule has 0 spiro atoms. The first-order chi connectivity index (χ1) is 7.86. The van der Waals surface area contributed by atoms with Gasteiger partial charge in [0.25, 0.3) is 0 Å². The van der Waals surface area contributed by atoms with E-state index in [1.807, 2.05) is 30.5 Å². The summed E-state index contributed by atoms with van der Waals surface area (Å²) in [6.45, 7) is 0.958. The van der Waals surface area contributed by atoms with Crippen LogP contribution in [0.5, 0.6) is 0 Å². The summed E-state index contributed by atoms with van der Waals surface area (Å²) in [5.74, 6) is 0.128. The van der Waals surface area contributed by atoms with E-state index in [2.05, 4.69) is 22.2 Å². The minimum Gasteiger partial charge on any atom is -0.329 e. The van der Waals surface area contributed by atoms with Gasteiger partial charge in [-0.1, -0.05) is 24.3 Å². The molecule has 1 amide bonds. The maximum atomic E-state index is 10.9. The van der Waals surface area contributed by atoms with Gasteiger partial charge in [0.1, 0.15) is 0 Å². The van der Waals surface area contributed by atoms with Crippen LogP contribution in [0.3, 0.4) is 0 Å². The molecule has 0 aromatic heterocycles. The Labute approximate surface area is 94.7 Å².